The number of halogens is 1. The molecule has 0 saturated carbocycles. The van der Waals surface area contributed by atoms with Crippen LogP contribution in [0.15, 0.2) is 41.0 Å². The van der Waals surface area contributed by atoms with Crippen molar-refractivity contribution >= 4 is 23.1 Å². The van der Waals surface area contributed by atoms with Gasteiger partial charge in [-0.05, 0) is 18.1 Å². The second-order valence-corrected chi connectivity index (χ2v) is 5.91. The van der Waals surface area contributed by atoms with E-state index in [2.05, 4.69) is 0 Å². The van der Waals surface area contributed by atoms with Crippen molar-refractivity contribution in [3.05, 3.63) is 61.7 Å². The van der Waals surface area contributed by atoms with E-state index in [4.69, 9.17) is 22.1 Å². The Morgan fingerprint density at radius 2 is 2.17 bits per heavy atom. The minimum absolute atomic E-state index is 0.0337. The number of carbonyl (C=O) groups is 1. The maximum atomic E-state index is 12.4. The van der Waals surface area contributed by atoms with Crippen molar-refractivity contribution in [1.29, 1.82) is 5.26 Å². The topological polar surface area (TPSA) is 119 Å². The Hall–Kier alpha value is -2.85. The fourth-order valence-electron chi connectivity index (χ4n) is 3.03. The first kappa shape index (κ1) is 16.0. The number of hydrogen-bond acceptors (Lipinski definition) is 6. The average molecular weight is 346 g/mol. The largest absolute Gasteiger partial charge is 0.444 e. The van der Waals surface area contributed by atoms with Gasteiger partial charge in [0.2, 0.25) is 5.88 Å². The van der Waals surface area contributed by atoms with Gasteiger partial charge in [0.05, 0.1) is 10.8 Å². The van der Waals surface area contributed by atoms with E-state index < -0.39 is 10.8 Å². The second kappa shape index (κ2) is 5.98. The van der Waals surface area contributed by atoms with Crippen molar-refractivity contribution in [2.45, 2.75) is 25.2 Å². The van der Waals surface area contributed by atoms with Crippen LogP contribution in [0.2, 0.25) is 5.02 Å². The number of carbonyl (C=O) groups excluding carboxylic acids is 1. The summed E-state index contributed by atoms with van der Waals surface area (Å²) in [6.07, 6.45) is 1.47. The number of hydrogen-bond donors (Lipinski definition) is 1. The van der Waals surface area contributed by atoms with Crippen LogP contribution < -0.4 is 5.73 Å². The monoisotopic (exact) mass is 345 g/mol. The van der Waals surface area contributed by atoms with Crippen molar-refractivity contribution in [3.8, 4) is 6.07 Å². The Morgan fingerprint density at radius 3 is 2.83 bits per heavy atom. The number of nitro benzene ring substituents is 1. The standard InChI is InChI=1S/C16H12ClN3O4/c17-11-5-4-8(20(22)23)6-9(11)14-10(7-18)16(19)24-13-3-1-2-12(21)15(13)14/h4-6,14H,1-3,19H2. The molecule has 1 aliphatic heterocycles. The van der Waals surface area contributed by atoms with E-state index in [0.29, 0.717) is 36.2 Å². The number of ketones is 1. The fourth-order valence-corrected chi connectivity index (χ4v) is 3.26. The summed E-state index contributed by atoms with van der Waals surface area (Å²) in [5.74, 6) is -0.697. The number of nitrogens with two attached hydrogens (primary N) is 1. The van der Waals surface area contributed by atoms with Crippen LogP contribution in [0.4, 0.5) is 5.69 Å². The summed E-state index contributed by atoms with van der Waals surface area (Å²) in [5.41, 5.74) is 6.30. The zero-order chi connectivity index (χ0) is 17.4. The lowest BCUT2D eigenvalue weighted by molar-refractivity contribution is -0.384. The third-order valence-corrected chi connectivity index (χ3v) is 4.45. The van der Waals surface area contributed by atoms with E-state index in [0.717, 1.165) is 0 Å². The number of nitro groups is 1. The molecular weight excluding hydrogens is 334 g/mol. The predicted molar refractivity (Wildman–Crippen MR) is 84.6 cm³/mol. The summed E-state index contributed by atoms with van der Waals surface area (Å²) >= 11 is 6.21. The van der Waals surface area contributed by atoms with Crippen LogP contribution >= 0.6 is 11.6 Å². The minimum Gasteiger partial charge on any atom is -0.444 e. The Kier molecular flexibility index (Phi) is 3.99. The van der Waals surface area contributed by atoms with E-state index in [1.54, 1.807) is 0 Å². The smallest absolute Gasteiger partial charge is 0.269 e. The first-order valence-corrected chi connectivity index (χ1v) is 7.59. The molecule has 1 aromatic carbocycles. The lowest BCUT2D eigenvalue weighted by atomic mass is 9.77. The molecule has 1 aromatic rings. The third-order valence-electron chi connectivity index (χ3n) is 4.11. The van der Waals surface area contributed by atoms with Crippen LogP contribution in [-0.2, 0) is 9.53 Å². The van der Waals surface area contributed by atoms with Gasteiger partial charge in [0.15, 0.2) is 5.78 Å². The number of non-ortho nitro benzene ring substituents is 1. The van der Waals surface area contributed by atoms with Crippen molar-refractivity contribution in [3.63, 3.8) is 0 Å². The Morgan fingerprint density at radius 1 is 1.42 bits per heavy atom. The van der Waals surface area contributed by atoms with Gasteiger partial charge in [-0.2, -0.15) is 5.26 Å². The van der Waals surface area contributed by atoms with Gasteiger partial charge in [-0.1, -0.05) is 11.6 Å². The molecule has 0 spiro atoms. The molecule has 1 aliphatic carbocycles. The molecule has 0 radical (unpaired) electrons. The van der Waals surface area contributed by atoms with E-state index in [9.17, 15) is 20.2 Å². The van der Waals surface area contributed by atoms with Gasteiger partial charge in [0.25, 0.3) is 5.69 Å². The molecule has 0 bridgehead atoms. The molecule has 2 aliphatic rings. The highest BCUT2D eigenvalue weighted by Crippen LogP contribution is 2.45. The quantitative estimate of drug-likeness (QED) is 0.649. The molecule has 2 N–H and O–H groups in total. The minimum atomic E-state index is -0.848. The zero-order valence-corrected chi connectivity index (χ0v) is 13.2. The highest BCUT2D eigenvalue weighted by molar-refractivity contribution is 6.31. The van der Waals surface area contributed by atoms with E-state index in [1.807, 2.05) is 6.07 Å². The van der Waals surface area contributed by atoms with Gasteiger partial charge in [0, 0.05) is 35.6 Å². The molecule has 1 heterocycles. The molecule has 0 aromatic heterocycles. The number of nitrogens with zero attached hydrogens (tertiary/aromatic N) is 2. The van der Waals surface area contributed by atoms with Gasteiger partial charge in [-0.3, -0.25) is 14.9 Å². The van der Waals surface area contributed by atoms with Crippen molar-refractivity contribution < 1.29 is 14.5 Å². The number of ether oxygens (including phenoxy) is 1. The molecular formula is C16H12ClN3O4. The lowest BCUT2D eigenvalue weighted by Crippen LogP contribution is -2.27. The van der Waals surface area contributed by atoms with Gasteiger partial charge in [-0.25, -0.2) is 0 Å². The molecule has 7 nitrogen and oxygen atoms in total. The van der Waals surface area contributed by atoms with Gasteiger partial charge in [-0.15, -0.1) is 0 Å². The average Bonchev–Trinajstić information content (AvgIpc) is 2.54. The van der Waals surface area contributed by atoms with Crippen LogP contribution in [0.25, 0.3) is 0 Å². The summed E-state index contributed by atoms with van der Waals surface area (Å²) < 4.78 is 5.45. The summed E-state index contributed by atoms with van der Waals surface area (Å²) in [4.78, 5) is 22.9. The highest BCUT2D eigenvalue weighted by atomic mass is 35.5. The lowest BCUT2D eigenvalue weighted by Gasteiger charge is -2.31. The summed E-state index contributed by atoms with van der Waals surface area (Å²) in [6.45, 7) is 0. The number of benzene rings is 1. The molecule has 122 valence electrons. The number of Topliss-reactive ketones (excluding diaryl/α,β-unsaturated/α-hetero) is 1. The molecule has 0 amide bonds. The number of rotatable bonds is 2. The fraction of sp³-hybridized carbons (Fsp3) is 0.250. The Balaban J connectivity index is 2.25. The summed E-state index contributed by atoms with van der Waals surface area (Å²) in [7, 11) is 0. The molecule has 3 rings (SSSR count). The maximum absolute atomic E-state index is 12.4. The van der Waals surface area contributed by atoms with E-state index in [1.165, 1.54) is 18.2 Å². The summed E-state index contributed by atoms with van der Waals surface area (Å²) in [5, 5.41) is 20.7. The maximum Gasteiger partial charge on any atom is 0.269 e. The zero-order valence-electron chi connectivity index (χ0n) is 12.4. The normalized spacial score (nSPS) is 20.3. The van der Waals surface area contributed by atoms with Crippen LogP contribution in [0.3, 0.4) is 0 Å². The van der Waals surface area contributed by atoms with E-state index >= 15 is 0 Å². The molecule has 24 heavy (non-hydrogen) atoms. The van der Waals surface area contributed by atoms with Gasteiger partial charge >= 0.3 is 0 Å². The Labute approximate surface area is 142 Å². The first-order chi connectivity index (χ1) is 11.4. The third kappa shape index (κ3) is 2.51. The number of nitriles is 1. The van der Waals surface area contributed by atoms with Crippen molar-refractivity contribution in [2.24, 2.45) is 5.73 Å². The van der Waals surface area contributed by atoms with Crippen molar-refractivity contribution in [2.75, 3.05) is 0 Å². The second-order valence-electron chi connectivity index (χ2n) is 5.50. The van der Waals surface area contributed by atoms with Crippen LogP contribution in [0.5, 0.6) is 0 Å². The van der Waals surface area contributed by atoms with Gasteiger partial charge in [0.1, 0.15) is 17.4 Å². The molecule has 0 saturated heterocycles. The van der Waals surface area contributed by atoms with Crippen LogP contribution in [-0.4, -0.2) is 10.7 Å². The van der Waals surface area contributed by atoms with Crippen molar-refractivity contribution in [1.82, 2.24) is 0 Å². The molecule has 1 unspecified atom stereocenters. The molecule has 1 atom stereocenters. The van der Waals surface area contributed by atoms with Gasteiger partial charge < -0.3 is 10.5 Å². The summed E-state index contributed by atoms with van der Waals surface area (Å²) in [6, 6.07) is 5.86. The molecule has 8 heteroatoms. The number of allylic oxidation sites excluding steroid dienone is 3. The van der Waals surface area contributed by atoms with Crippen LogP contribution in [0, 0.1) is 21.4 Å². The van der Waals surface area contributed by atoms with Crippen LogP contribution in [0.1, 0.15) is 30.7 Å². The predicted octanol–water partition coefficient (Wildman–Crippen LogP) is 3.06. The molecule has 0 fully saturated rings. The Bertz CT molecular complexity index is 867. The first-order valence-electron chi connectivity index (χ1n) is 7.21. The highest BCUT2D eigenvalue weighted by Gasteiger charge is 2.39. The SMILES string of the molecule is N#CC1=C(N)OC2=C(C(=O)CCC2)C1c1cc([N+](=O)[O-])ccc1Cl. The van der Waals surface area contributed by atoms with E-state index in [-0.39, 0.29) is 27.9 Å².